The predicted octanol–water partition coefficient (Wildman–Crippen LogP) is 36.4. The minimum atomic E-state index is 0.923. The van der Waals surface area contributed by atoms with Crippen LogP contribution in [0.1, 0.15) is 0 Å². The fourth-order valence-corrected chi connectivity index (χ4v) is 23.8. The summed E-state index contributed by atoms with van der Waals surface area (Å²) in [5.74, 6) is 0. The molecule has 0 radical (unpaired) electrons. The molecule has 0 spiro atoms. The van der Waals surface area contributed by atoms with E-state index in [4.69, 9.17) is 4.42 Å². The molecule has 0 N–H and O–H groups in total. The zero-order valence-corrected chi connectivity index (χ0v) is 74.8. The lowest BCUT2D eigenvalue weighted by Crippen LogP contribution is -1.94. The van der Waals surface area contributed by atoms with E-state index >= 15 is 0 Å². The molecular formula is C128H80N4OS2. The summed E-state index contributed by atoms with van der Waals surface area (Å²) in [6.45, 7) is 0. The number of hydrogen-bond donors (Lipinski definition) is 0. The van der Waals surface area contributed by atoms with Crippen molar-refractivity contribution in [2.75, 3.05) is 0 Å². The van der Waals surface area contributed by atoms with Gasteiger partial charge in [0.1, 0.15) is 11.2 Å². The van der Waals surface area contributed by atoms with Crippen molar-refractivity contribution in [2.24, 2.45) is 0 Å². The van der Waals surface area contributed by atoms with Crippen LogP contribution in [0, 0.1) is 0 Å². The van der Waals surface area contributed by atoms with Crippen molar-refractivity contribution in [3.8, 4) is 89.5 Å². The van der Waals surface area contributed by atoms with Gasteiger partial charge in [0.15, 0.2) is 0 Å². The third-order valence-corrected chi connectivity index (χ3v) is 30.0. The van der Waals surface area contributed by atoms with Crippen LogP contribution in [-0.2, 0) is 0 Å². The van der Waals surface area contributed by atoms with Crippen LogP contribution in [0.15, 0.2) is 490 Å². The van der Waals surface area contributed by atoms with Gasteiger partial charge in [-0.15, -0.1) is 22.7 Å². The molecule has 0 bridgehead atoms. The van der Waals surface area contributed by atoms with Crippen molar-refractivity contribution < 1.29 is 4.42 Å². The Hall–Kier alpha value is -17.2. The quantitative estimate of drug-likeness (QED) is 0.134. The topological polar surface area (TPSA) is 32.9 Å². The molecule has 0 aliphatic rings. The number of benzene rings is 22. The van der Waals surface area contributed by atoms with Crippen molar-refractivity contribution in [2.45, 2.75) is 0 Å². The summed E-state index contributed by atoms with van der Waals surface area (Å²) in [5, 5.41) is 22.9. The zero-order chi connectivity index (χ0) is 88.7. The average molecular weight is 1750 g/mol. The van der Waals surface area contributed by atoms with Crippen LogP contribution < -0.4 is 0 Å². The summed E-state index contributed by atoms with van der Waals surface area (Å²) >= 11 is 3.77. The monoisotopic (exact) mass is 1750 g/mol. The second-order valence-corrected chi connectivity index (χ2v) is 37.4. The Morgan fingerprint density at radius 3 is 1.14 bits per heavy atom. The number of aromatic nitrogens is 4. The van der Waals surface area contributed by atoms with Gasteiger partial charge in [-0.1, -0.05) is 334 Å². The van der Waals surface area contributed by atoms with Crippen molar-refractivity contribution >= 4 is 194 Å². The van der Waals surface area contributed by atoms with E-state index in [1.54, 1.807) is 0 Å². The maximum Gasteiger partial charge on any atom is 0.145 e. The summed E-state index contributed by atoms with van der Waals surface area (Å²) in [6.07, 6.45) is 0. The summed E-state index contributed by atoms with van der Waals surface area (Å²) in [4.78, 5) is 0. The number of furan rings is 1. The minimum absolute atomic E-state index is 0.923. The number of nitrogens with zero attached hydrogens (tertiary/aromatic N) is 4. The first-order chi connectivity index (χ1) is 67.0. The summed E-state index contributed by atoms with van der Waals surface area (Å²) < 4.78 is 21.6. The molecule has 0 aliphatic carbocycles. The largest absolute Gasteiger partial charge is 0.455 e. The van der Waals surface area contributed by atoms with Gasteiger partial charge in [-0.3, -0.25) is 0 Å². The molecule has 0 saturated carbocycles. The van der Waals surface area contributed by atoms with Gasteiger partial charge in [0, 0.05) is 107 Å². The Balaban J connectivity index is 0.000000105. The standard InChI is InChI=1S/C54H36N2.C38H23NS.C36H21NOS/c1-4-13-37(14-5-1)40-23-28-45(29-24-40)55-53-30-25-42(39-17-8-3-9-18-39)34-49(53)50-36-44(27-32-54(50)55)43-26-31-52-48(35-43)47-21-10-11-22-51(47)56(52)46-20-12-19-41(33-46)38-15-6-2-7-16-38;1-2-10-24(11-3-1)25-18-21-27(22-19-25)39-32-23-20-26-12-4-5-13-28(26)35(32)36-30-15-7-6-14-29(30)34-31-16-8-9-17-33(31)40-38(34)37(36)39;1-2-8-24(9-3-1)37-30-17-14-22(23-15-19-34-28(20-23)26-11-5-7-13-33(26)39-34)21-29(30)35-31(37)18-16-27-25-10-4-6-12-32(25)38-36(27)35/h1-36H;1-23H;1-21H. The fourth-order valence-electron chi connectivity index (χ4n) is 21.5. The highest BCUT2D eigenvalue weighted by molar-refractivity contribution is 7.27. The molecule has 7 heteroatoms. The molecule has 22 aromatic carbocycles. The average Bonchev–Trinajstić information content (AvgIpc) is 1.53. The van der Waals surface area contributed by atoms with E-state index in [2.05, 4.69) is 498 Å². The van der Waals surface area contributed by atoms with E-state index in [1.807, 2.05) is 28.7 Å². The second-order valence-electron chi connectivity index (χ2n) is 35.2. The van der Waals surface area contributed by atoms with Crippen molar-refractivity contribution in [3.05, 3.63) is 485 Å². The lowest BCUT2D eigenvalue weighted by atomic mass is 9.97. The van der Waals surface area contributed by atoms with E-state index in [0.29, 0.717) is 0 Å². The van der Waals surface area contributed by atoms with Crippen LogP contribution >= 0.6 is 22.7 Å². The van der Waals surface area contributed by atoms with E-state index in [0.717, 1.165) is 49.9 Å². The molecule has 29 aromatic rings. The molecule has 29 rings (SSSR count). The molecule has 7 aromatic heterocycles. The van der Waals surface area contributed by atoms with Gasteiger partial charge < -0.3 is 22.7 Å². The minimum Gasteiger partial charge on any atom is -0.455 e. The van der Waals surface area contributed by atoms with Crippen LogP contribution in [0.3, 0.4) is 0 Å². The molecular weight excluding hydrogens is 1670 g/mol. The highest BCUT2D eigenvalue weighted by Crippen LogP contribution is 2.51. The van der Waals surface area contributed by atoms with Gasteiger partial charge in [-0.05, 0) is 240 Å². The number of rotatable bonds is 10. The third-order valence-electron chi connectivity index (χ3n) is 27.7. The maximum absolute atomic E-state index is 6.55. The number of hydrogen-bond acceptors (Lipinski definition) is 3. The molecule has 0 unspecified atom stereocenters. The number of fused-ring (bicyclic) bond motifs is 28. The fraction of sp³-hybridized carbons (Fsp3) is 0. The normalized spacial score (nSPS) is 11.9. The lowest BCUT2D eigenvalue weighted by molar-refractivity contribution is 0.673. The Bertz CT molecular complexity index is 9780. The number of thiophene rings is 2. The van der Waals surface area contributed by atoms with E-state index in [1.165, 1.54) is 211 Å². The molecule has 0 aliphatic heterocycles. The Labute approximate surface area is 785 Å². The first-order valence-corrected chi connectivity index (χ1v) is 47.8. The van der Waals surface area contributed by atoms with Crippen molar-refractivity contribution in [3.63, 3.8) is 0 Å². The predicted molar refractivity (Wildman–Crippen MR) is 577 cm³/mol. The highest BCUT2D eigenvalue weighted by atomic mass is 32.1. The van der Waals surface area contributed by atoms with Gasteiger partial charge in [0.2, 0.25) is 0 Å². The SMILES string of the molecule is c1ccc(-c2ccc(-n3c4ccc(-c5ccccc5)cc4c4cc(-c5ccc6c(c5)c5ccccc5n6-c5cccc(-c6ccccc6)c5)ccc43)cc2)cc1.c1ccc(-c2ccc(-n3c4ccc5ccccc5c4c4c5ccccc5c5c6ccccc6sc5c43)cc2)cc1.c1ccc(-n2c3ccc(-c4ccc5sc6ccccc6c5c4)cc3c3c4oc5ccccc5c4ccc32)cc1. The summed E-state index contributed by atoms with van der Waals surface area (Å²) in [7, 11) is 0. The molecule has 135 heavy (non-hydrogen) atoms. The highest BCUT2D eigenvalue weighted by Gasteiger charge is 2.26. The first kappa shape index (κ1) is 77.7. The van der Waals surface area contributed by atoms with Crippen molar-refractivity contribution in [1.29, 1.82) is 0 Å². The zero-order valence-electron chi connectivity index (χ0n) is 73.2. The van der Waals surface area contributed by atoms with E-state index in [9.17, 15) is 0 Å². The van der Waals surface area contributed by atoms with Gasteiger partial charge in [0.25, 0.3) is 0 Å². The molecule has 0 fully saturated rings. The van der Waals surface area contributed by atoms with E-state index in [-0.39, 0.29) is 0 Å². The summed E-state index contributed by atoms with van der Waals surface area (Å²) in [6, 6.07) is 176. The summed E-state index contributed by atoms with van der Waals surface area (Å²) in [5.41, 5.74) is 30.8. The Morgan fingerprint density at radius 2 is 0.526 bits per heavy atom. The molecule has 0 atom stereocenters. The van der Waals surface area contributed by atoms with Crippen LogP contribution in [0.4, 0.5) is 0 Å². The van der Waals surface area contributed by atoms with Gasteiger partial charge in [-0.25, -0.2) is 0 Å². The second kappa shape index (κ2) is 31.8. The van der Waals surface area contributed by atoms with Crippen LogP contribution in [0.5, 0.6) is 0 Å². The van der Waals surface area contributed by atoms with Gasteiger partial charge in [0.05, 0.1) is 54.2 Å². The van der Waals surface area contributed by atoms with Gasteiger partial charge in [-0.2, -0.15) is 0 Å². The number of para-hydroxylation sites is 3. The molecule has 7 heterocycles. The lowest BCUT2D eigenvalue weighted by Gasteiger charge is -2.11. The van der Waals surface area contributed by atoms with Crippen LogP contribution in [0.2, 0.25) is 0 Å². The molecule has 0 amide bonds. The molecule has 0 saturated heterocycles. The smallest absolute Gasteiger partial charge is 0.145 e. The maximum atomic E-state index is 6.55. The van der Waals surface area contributed by atoms with Gasteiger partial charge >= 0.3 is 0 Å². The molecule has 5 nitrogen and oxygen atoms in total. The first-order valence-electron chi connectivity index (χ1n) is 46.2. The third kappa shape index (κ3) is 12.9. The Morgan fingerprint density at radius 1 is 0.163 bits per heavy atom. The molecule has 630 valence electrons. The van der Waals surface area contributed by atoms with Crippen molar-refractivity contribution in [1.82, 2.24) is 18.3 Å². The van der Waals surface area contributed by atoms with Crippen LogP contribution in [-0.4, -0.2) is 18.3 Å². The van der Waals surface area contributed by atoms with E-state index < -0.39 is 0 Å². The Kier molecular flexibility index (Phi) is 18.3. The van der Waals surface area contributed by atoms with Crippen LogP contribution in [0.25, 0.3) is 261 Å².